The summed E-state index contributed by atoms with van der Waals surface area (Å²) in [6.07, 6.45) is -12.2. The number of rotatable bonds is 27. The van der Waals surface area contributed by atoms with Gasteiger partial charge in [-0.05, 0) is 64.0 Å². The summed E-state index contributed by atoms with van der Waals surface area (Å²) in [6, 6.07) is 51.8. The van der Waals surface area contributed by atoms with Gasteiger partial charge in [0.05, 0.1) is 51.8 Å². The Labute approximate surface area is 464 Å². The summed E-state index contributed by atoms with van der Waals surface area (Å²) in [5, 5.41) is 15.9. The molecule has 10 atom stereocenters. The van der Waals surface area contributed by atoms with Crippen LogP contribution in [0.15, 0.2) is 181 Å². The molecule has 0 aromatic heterocycles. The molecule has 6 aromatic carbocycles. The van der Waals surface area contributed by atoms with Crippen LogP contribution in [0.5, 0.6) is 5.75 Å². The number of carbonyl (C=O) groups is 3. The number of amides is 1. The molecule has 0 saturated carbocycles. The quantitative estimate of drug-likeness (QED) is 0.0127. The number of hydrogen-bond donors (Lipinski definition) is 1. The van der Waals surface area contributed by atoms with E-state index in [1.54, 1.807) is 42.3 Å². The minimum atomic E-state index is -1.55. The van der Waals surface area contributed by atoms with Crippen molar-refractivity contribution >= 4 is 18.0 Å². The number of benzene rings is 6. The van der Waals surface area contributed by atoms with E-state index in [2.05, 4.69) is 10.0 Å². The molecule has 2 heterocycles. The van der Waals surface area contributed by atoms with E-state index in [4.69, 9.17) is 52.1 Å². The van der Waals surface area contributed by atoms with Crippen LogP contribution in [0.1, 0.15) is 51.5 Å². The zero-order valence-corrected chi connectivity index (χ0v) is 44.5. The Balaban J connectivity index is 1.14. The lowest BCUT2D eigenvalue weighted by Gasteiger charge is -2.48. The van der Waals surface area contributed by atoms with Gasteiger partial charge in [0, 0.05) is 24.9 Å². The van der Waals surface area contributed by atoms with Crippen molar-refractivity contribution in [3.8, 4) is 5.75 Å². The molecule has 0 unspecified atom stereocenters. The molecule has 2 aliphatic rings. The third kappa shape index (κ3) is 17.2. The molecule has 0 spiro atoms. The molecule has 19 nitrogen and oxygen atoms in total. The average molecular weight is 1100 g/mol. The molecule has 8 rings (SSSR count). The van der Waals surface area contributed by atoms with Crippen molar-refractivity contribution in [3.63, 3.8) is 0 Å². The third-order valence-corrected chi connectivity index (χ3v) is 13.2. The average Bonchev–Trinajstić information content (AvgIpc) is 3.58. The molecule has 0 radical (unpaired) electrons. The van der Waals surface area contributed by atoms with Crippen LogP contribution in [-0.4, -0.2) is 123 Å². The number of esters is 2. The van der Waals surface area contributed by atoms with Crippen molar-refractivity contribution in [2.45, 2.75) is 108 Å². The summed E-state index contributed by atoms with van der Waals surface area (Å²) < 4.78 is 69.6. The van der Waals surface area contributed by atoms with Gasteiger partial charge in [-0.2, -0.15) is 0 Å². The molecule has 2 fully saturated rings. The summed E-state index contributed by atoms with van der Waals surface area (Å²) in [5.41, 5.74) is 14.4. The summed E-state index contributed by atoms with van der Waals surface area (Å²) in [4.78, 5) is 45.1. The topological polar surface area (TPSA) is 225 Å². The van der Waals surface area contributed by atoms with Crippen LogP contribution in [-0.2, 0) is 85.1 Å². The highest BCUT2D eigenvalue weighted by atomic mass is 16.8. The van der Waals surface area contributed by atoms with Gasteiger partial charge in [0.25, 0.3) is 0 Å². The molecular weight excluding hydrogens is 1030 g/mol. The number of hydrogen-bond acceptors (Lipinski definition) is 16. The van der Waals surface area contributed by atoms with Gasteiger partial charge in [0.1, 0.15) is 55.5 Å². The Bertz CT molecular complexity index is 2850. The number of aliphatic hydroxyl groups is 1. The molecule has 2 saturated heterocycles. The fraction of sp³-hybridized carbons (Fsp3) is 0.361. The first-order valence-corrected chi connectivity index (χ1v) is 26.4. The van der Waals surface area contributed by atoms with Gasteiger partial charge in [-0.25, -0.2) is 9.59 Å². The van der Waals surface area contributed by atoms with Crippen LogP contribution in [0.3, 0.4) is 0 Å². The van der Waals surface area contributed by atoms with Crippen molar-refractivity contribution in [1.29, 1.82) is 0 Å². The van der Waals surface area contributed by atoms with Crippen LogP contribution >= 0.6 is 0 Å². The van der Waals surface area contributed by atoms with E-state index >= 15 is 0 Å². The second-order valence-electron chi connectivity index (χ2n) is 19.0. The minimum absolute atomic E-state index is 0.0143. The molecule has 0 aliphatic carbocycles. The van der Waals surface area contributed by atoms with E-state index in [9.17, 15) is 25.0 Å². The number of ether oxygens (including phenoxy) is 11. The lowest BCUT2D eigenvalue weighted by atomic mass is 9.95. The first-order valence-electron chi connectivity index (χ1n) is 26.4. The predicted molar refractivity (Wildman–Crippen MR) is 290 cm³/mol. The van der Waals surface area contributed by atoms with Gasteiger partial charge in [0.2, 0.25) is 0 Å². The maximum atomic E-state index is 14.4. The molecular formula is C61H66N4O15. The van der Waals surface area contributed by atoms with Gasteiger partial charge < -0.3 is 62.1 Å². The van der Waals surface area contributed by atoms with Gasteiger partial charge >= 0.3 is 18.0 Å². The fourth-order valence-electron chi connectivity index (χ4n) is 9.13. The lowest BCUT2D eigenvalue weighted by Crippen LogP contribution is -2.66. The van der Waals surface area contributed by atoms with Gasteiger partial charge in [-0.3, -0.25) is 4.79 Å². The monoisotopic (exact) mass is 1090 g/mol. The zero-order valence-electron chi connectivity index (χ0n) is 44.5. The molecule has 1 amide bonds. The number of carbonyl (C=O) groups excluding carboxylic acids is 3. The number of azide groups is 1. The Morgan fingerprint density at radius 3 is 1.74 bits per heavy atom. The highest BCUT2D eigenvalue weighted by Crippen LogP contribution is 2.36. The van der Waals surface area contributed by atoms with Crippen LogP contribution in [0.4, 0.5) is 4.79 Å². The maximum absolute atomic E-state index is 14.4. The molecule has 0 bridgehead atoms. The molecule has 2 aliphatic heterocycles. The van der Waals surface area contributed by atoms with E-state index in [1.165, 1.54) is 6.92 Å². The van der Waals surface area contributed by atoms with E-state index in [0.717, 1.165) is 27.8 Å². The number of methoxy groups -OCH3 is 1. The summed E-state index contributed by atoms with van der Waals surface area (Å²) >= 11 is 0. The SMILES string of the molecule is COc1ccc(COC[C@@H]2O[C@@H](OCCCN(Cc3ccccc3)C(=O)OCc3ccccc3)[C@H](OC(=O)c3ccccc3)[C@@H](OCc3ccccc3)[C@@H]2O[C@H]2O[C@H](COC(C)=O)[C@@H](O)[C@H](OCc3ccccc3)[C@H]2N=[N+]=[N-])cc1. The minimum Gasteiger partial charge on any atom is -0.497 e. The van der Waals surface area contributed by atoms with Crippen molar-refractivity contribution in [1.82, 2.24) is 4.90 Å². The van der Waals surface area contributed by atoms with Gasteiger partial charge in [-0.1, -0.05) is 157 Å². The Hall–Kier alpha value is -7.68. The van der Waals surface area contributed by atoms with Crippen molar-refractivity contribution in [2.24, 2.45) is 5.11 Å². The van der Waals surface area contributed by atoms with Gasteiger partial charge in [0.15, 0.2) is 18.7 Å². The first-order chi connectivity index (χ1) is 39.1. The van der Waals surface area contributed by atoms with Crippen molar-refractivity contribution in [2.75, 3.05) is 33.5 Å². The zero-order chi connectivity index (χ0) is 55.9. The van der Waals surface area contributed by atoms with Gasteiger partial charge in [-0.15, -0.1) is 0 Å². The molecule has 19 heteroatoms. The summed E-state index contributed by atoms with van der Waals surface area (Å²) in [5.74, 6) is -0.712. The predicted octanol–water partition coefficient (Wildman–Crippen LogP) is 9.29. The molecule has 80 heavy (non-hydrogen) atoms. The van der Waals surface area contributed by atoms with Crippen molar-refractivity contribution in [3.05, 3.63) is 220 Å². The maximum Gasteiger partial charge on any atom is 0.410 e. The third-order valence-electron chi connectivity index (χ3n) is 13.2. The second kappa shape index (κ2) is 30.6. The summed E-state index contributed by atoms with van der Waals surface area (Å²) in [6.45, 7) is 1.20. The lowest BCUT2D eigenvalue weighted by molar-refractivity contribution is -0.353. The van der Waals surface area contributed by atoms with E-state index in [1.807, 2.05) is 146 Å². The first kappa shape index (κ1) is 58.5. The number of aliphatic hydroxyl groups excluding tert-OH is 1. The molecule has 6 aromatic rings. The van der Waals surface area contributed by atoms with Crippen LogP contribution in [0.25, 0.3) is 10.4 Å². The normalized spacial score (nSPS) is 22.5. The van der Waals surface area contributed by atoms with Crippen LogP contribution in [0.2, 0.25) is 0 Å². The highest BCUT2D eigenvalue weighted by Gasteiger charge is 2.54. The number of nitrogens with zero attached hydrogens (tertiary/aromatic N) is 4. The summed E-state index contributed by atoms with van der Waals surface area (Å²) in [7, 11) is 1.58. The van der Waals surface area contributed by atoms with Crippen LogP contribution < -0.4 is 4.74 Å². The molecule has 420 valence electrons. The highest BCUT2D eigenvalue weighted by molar-refractivity contribution is 5.89. The van der Waals surface area contributed by atoms with E-state index in [0.29, 0.717) is 5.75 Å². The Morgan fingerprint density at radius 1 is 0.600 bits per heavy atom. The largest absolute Gasteiger partial charge is 0.497 e. The van der Waals surface area contributed by atoms with Crippen molar-refractivity contribution < 1.29 is 71.6 Å². The van der Waals surface area contributed by atoms with E-state index < -0.39 is 86.0 Å². The second-order valence-corrected chi connectivity index (χ2v) is 19.0. The molecule has 1 N–H and O–H groups in total. The fourth-order valence-corrected chi connectivity index (χ4v) is 9.13. The Kier molecular flexibility index (Phi) is 22.4. The van der Waals surface area contributed by atoms with Crippen LogP contribution in [0, 0.1) is 0 Å². The Morgan fingerprint density at radius 2 is 1.15 bits per heavy atom. The van der Waals surface area contributed by atoms with E-state index in [-0.39, 0.29) is 64.7 Å². The smallest absolute Gasteiger partial charge is 0.410 e. The standard InChI is InChI=1S/C61H66N4O15/c1-42(66)73-41-50-53(67)55(74-37-44-21-10-4-11-22-44)52(63-64-62)59(77-50)80-54-51(40-71-36-47-29-31-49(70-2)32-30-47)78-60(57(79-58(68)48-27-16-7-17-28-48)56(54)75-38-45-23-12-5-13-24-45)72-34-18-33-65(35-43-19-8-3-9-20-43)61(69)76-39-46-25-14-6-15-26-46/h3-17,19-32,50-57,59-60,67H,18,33-41H2,1-2H3/t50-,51+,52-,53-,54-,55-,56+,57-,59-,60-/m1/s1.